The monoisotopic (exact) mass is 333 g/mol. The Morgan fingerprint density at radius 3 is 2.73 bits per heavy atom. The van der Waals surface area contributed by atoms with Crippen molar-refractivity contribution in [1.29, 1.82) is 0 Å². The molecule has 1 heterocycles. The predicted octanol–water partition coefficient (Wildman–Crippen LogP) is 4.06. The third-order valence-electron chi connectivity index (χ3n) is 3.95. The standard InChI is InChI=1S/C16H26ClF2N3/c1-5-11(3)15(20-8-13(17)6-2)21-9-14-12(4)7-16(18,19)10-22-14/h6,8,12,14,21-22H,5,7,9-10H2,1-4H3/b13-6+,15-11+,20-8-. The third-order valence-corrected chi connectivity index (χ3v) is 4.26. The van der Waals surface area contributed by atoms with Gasteiger partial charge in [0.15, 0.2) is 0 Å². The van der Waals surface area contributed by atoms with Crippen molar-refractivity contribution in [3.63, 3.8) is 0 Å². The molecule has 1 saturated heterocycles. The highest BCUT2D eigenvalue weighted by Crippen LogP contribution is 2.28. The van der Waals surface area contributed by atoms with Crippen LogP contribution in [0.1, 0.15) is 40.5 Å². The third kappa shape index (κ3) is 6.05. The molecule has 1 aliphatic rings. The molecule has 2 atom stereocenters. The van der Waals surface area contributed by atoms with Crippen LogP contribution in [0.25, 0.3) is 0 Å². The van der Waals surface area contributed by atoms with Gasteiger partial charge in [0.1, 0.15) is 5.82 Å². The maximum atomic E-state index is 13.3. The molecule has 0 amide bonds. The Labute approximate surface area is 136 Å². The number of nitrogens with one attached hydrogen (secondary N) is 2. The molecule has 2 unspecified atom stereocenters. The Morgan fingerprint density at radius 1 is 1.50 bits per heavy atom. The number of rotatable bonds is 6. The molecule has 1 aliphatic heterocycles. The van der Waals surface area contributed by atoms with Gasteiger partial charge in [0.25, 0.3) is 5.92 Å². The fraction of sp³-hybridized carbons (Fsp3) is 0.688. The summed E-state index contributed by atoms with van der Waals surface area (Å²) < 4.78 is 26.6. The summed E-state index contributed by atoms with van der Waals surface area (Å²) in [6.07, 6.45) is 4.14. The van der Waals surface area contributed by atoms with E-state index in [0.717, 1.165) is 17.8 Å². The van der Waals surface area contributed by atoms with Gasteiger partial charge in [-0.25, -0.2) is 13.8 Å². The van der Waals surface area contributed by atoms with E-state index in [-0.39, 0.29) is 24.9 Å². The van der Waals surface area contributed by atoms with E-state index in [2.05, 4.69) is 15.6 Å². The molecule has 3 nitrogen and oxygen atoms in total. The van der Waals surface area contributed by atoms with Crippen LogP contribution in [-0.2, 0) is 0 Å². The van der Waals surface area contributed by atoms with Gasteiger partial charge in [-0.2, -0.15) is 0 Å². The molecule has 0 radical (unpaired) electrons. The lowest BCUT2D eigenvalue weighted by Crippen LogP contribution is -2.53. The summed E-state index contributed by atoms with van der Waals surface area (Å²) in [5.74, 6) is -1.94. The molecule has 0 aromatic carbocycles. The second-order valence-corrected chi connectivity index (χ2v) is 6.26. The van der Waals surface area contributed by atoms with E-state index in [1.54, 1.807) is 12.3 Å². The Morgan fingerprint density at radius 2 is 2.18 bits per heavy atom. The molecular formula is C16H26ClF2N3. The van der Waals surface area contributed by atoms with Gasteiger partial charge in [0, 0.05) is 25.2 Å². The number of allylic oxidation sites excluding steroid dienone is 3. The van der Waals surface area contributed by atoms with Gasteiger partial charge < -0.3 is 10.6 Å². The lowest BCUT2D eigenvalue weighted by atomic mass is 9.90. The maximum absolute atomic E-state index is 13.3. The Bertz CT molecular complexity index is 458. The number of hydrogen-bond donors (Lipinski definition) is 2. The summed E-state index contributed by atoms with van der Waals surface area (Å²) >= 11 is 5.93. The van der Waals surface area contributed by atoms with Crippen LogP contribution < -0.4 is 10.6 Å². The van der Waals surface area contributed by atoms with Crippen LogP contribution in [0.2, 0.25) is 0 Å². The van der Waals surface area contributed by atoms with Crippen LogP contribution in [0.3, 0.4) is 0 Å². The predicted molar refractivity (Wildman–Crippen MR) is 89.6 cm³/mol. The minimum atomic E-state index is -2.61. The van der Waals surface area contributed by atoms with E-state index < -0.39 is 5.92 Å². The SMILES string of the molecule is C\C=C(Cl)/C=N\C(NCC1NCC(F)(F)CC1C)=C(\C)CC. The number of halogens is 3. The minimum absolute atomic E-state index is 0.00618. The van der Waals surface area contributed by atoms with Crippen LogP contribution in [-0.4, -0.2) is 31.3 Å². The van der Waals surface area contributed by atoms with Crippen molar-refractivity contribution in [3.05, 3.63) is 22.5 Å². The Hall–Kier alpha value is -0.940. The van der Waals surface area contributed by atoms with E-state index in [1.165, 1.54) is 0 Å². The van der Waals surface area contributed by atoms with Gasteiger partial charge in [-0.1, -0.05) is 31.5 Å². The van der Waals surface area contributed by atoms with Gasteiger partial charge in [-0.05, 0) is 31.8 Å². The highest BCUT2D eigenvalue weighted by Gasteiger charge is 2.38. The summed E-state index contributed by atoms with van der Waals surface area (Å²) in [5, 5.41) is 6.75. The lowest BCUT2D eigenvalue weighted by Gasteiger charge is -2.35. The zero-order chi connectivity index (χ0) is 16.8. The summed E-state index contributed by atoms with van der Waals surface area (Å²) in [5.41, 5.74) is 1.10. The van der Waals surface area contributed by atoms with Crippen molar-refractivity contribution in [2.24, 2.45) is 10.9 Å². The van der Waals surface area contributed by atoms with Crippen molar-refractivity contribution in [1.82, 2.24) is 10.6 Å². The zero-order valence-corrected chi connectivity index (χ0v) is 14.5. The van der Waals surface area contributed by atoms with Gasteiger partial charge in [-0.3, -0.25) is 0 Å². The van der Waals surface area contributed by atoms with Crippen LogP contribution in [0.5, 0.6) is 0 Å². The van der Waals surface area contributed by atoms with Crippen LogP contribution in [0.15, 0.2) is 27.5 Å². The second kappa shape index (κ2) is 8.63. The Balaban J connectivity index is 2.67. The average molecular weight is 334 g/mol. The molecule has 0 aromatic heterocycles. The molecular weight excluding hydrogens is 308 g/mol. The first-order valence-corrected chi connectivity index (χ1v) is 8.07. The smallest absolute Gasteiger partial charge is 0.260 e. The molecule has 0 aliphatic carbocycles. The van der Waals surface area contributed by atoms with E-state index in [1.807, 2.05) is 27.7 Å². The van der Waals surface area contributed by atoms with Crippen LogP contribution in [0, 0.1) is 5.92 Å². The first kappa shape index (κ1) is 19.1. The van der Waals surface area contributed by atoms with E-state index in [0.29, 0.717) is 11.6 Å². The molecule has 1 rings (SSSR count). The molecule has 1 fully saturated rings. The van der Waals surface area contributed by atoms with Gasteiger partial charge >= 0.3 is 0 Å². The van der Waals surface area contributed by atoms with E-state index >= 15 is 0 Å². The molecule has 126 valence electrons. The van der Waals surface area contributed by atoms with Crippen molar-refractivity contribution in [3.8, 4) is 0 Å². The van der Waals surface area contributed by atoms with Crippen LogP contribution >= 0.6 is 11.6 Å². The molecule has 22 heavy (non-hydrogen) atoms. The largest absolute Gasteiger partial charge is 0.369 e. The first-order chi connectivity index (χ1) is 10.3. The van der Waals surface area contributed by atoms with Crippen molar-refractivity contribution >= 4 is 17.8 Å². The molecule has 2 N–H and O–H groups in total. The van der Waals surface area contributed by atoms with Crippen molar-refractivity contribution in [2.75, 3.05) is 13.1 Å². The molecule has 0 aromatic rings. The number of nitrogens with zero attached hydrogens (tertiary/aromatic N) is 1. The van der Waals surface area contributed by atoms with Gasteiger partial charge in [0.2, 0.25) is 0 Å². The van der Waals surface area contributed by atoms with Crippen molar-refractivity contribution in [2.45, 2.75) is 52.5 Å². The first-order valence-electron chi connectivity index (χ1n) is 7.69. The normalized spacial score (nSPS) is 27.0. The Kier molecular flexibility index (Phi) is 7.49. The lowest BCUT2D eigenvalue weighted by molar-refractivity contribution is -0.0482. The fourth-order valence-corrected chi connectivity index (χ4v) is 2.37. The minimum Gasteiger partial charge on any atom is -0.369 e. The highest BCUT2D eigenvalue weighted by atomic mass is 35.5. The zero-order valence-electron chi connectivity index (χ0n) is 13.7. The van der Waals surface area contributed by atoms with Crippen molar-refractivity contribution < 1.29 is 8.78 Å². The number of hydrogen-bond acceptors (Lipinski definition) is 3. The fourth-order valence-electron chi connectivity index (χ4n) is 2.32. The van der Waals surface area contributed by atoms with Gasteiger partial charge in [0.05, 0.1) is 11.6 Å². The number of alkyl halides is 2. The summed E-state index contributed by atoms with van der Waals surface area (Å²) in [7, 11) is 0. The topological polar surface area (TPSA) is 36.4 Å². The van der Waals surface area contributed by atoms with Crippen LogP contribution in [0.4, 0.5) is 8.78 Å². The van der Waals surface area contributed by atoms with E-state index in [4.69, 9.17) is 11.6 Å². The maximum Gasteiger partial charge on any atom is 0.260 e. The molecule has 0 spiro atoms. The molecule has 0 saturated carbocycles. The second-order valence-electron chi connectivity index (χ2n) is 5.82. The quantitative estimate of drug-likeness (QED) is 0.719. The van der Waals surface area contributed by atoms with E-state index in [9.17, 15) is 8.78 Å². The summed E-state index contributed by atoms with van der Waals surface area (Å²) in [6, 6.07) is 0.00618. The number of piperidine rings is 1. The molecule has 6 heteroatoms. The average Bonchev–Trinajstić information content (AvgIpc) is 2.47. The number of aliphatic imine (C=N–C) groups is 1. The highest BCUT2D eigenvalue weighted by molar-refractivity contribution is 6.39. The summed E-state index contributed by atoms with van der Waals surface area (Å²) in [4.78, 5) is 4.37. The summed E-state index contributed by atoms with van der Waals surface area (Å²) in [6.45, 7) is 8.03. The van der Waals surface area contributed by atoms with Gasteiger partial charge in [-0.15, -0.1) is 0 Å². The molecule has 0 bridgehead atoms.